The van der Waals surface area contributed by atoms with Gasteiger partial charge in [0.05, 0.1) is 6.26 Å². The molecule has 0 fully saturated rings. The Labute approximate surface area is 93.4 Å². The SMILES string of the molecule is CC(C)(C)/C=C/C(OS(C)(=O)=O)C(F)(F)F. The van der Waals surface area contributed by atoms with Crippen LogP contribution in [0.5, 0.6) is 0 Å². The van der Waals surface area contributed by atoms with Gasteiger partial charge < -0.3 is 0 Å². The van der Waals surface area contributed by atoms with E-state index in [2.05, 4.69) is 4.18 Å². The zero-order valence-corrected chi connectivity index (χ0v) is 10.3. The average Bonchev–Trinajstić information content (AvgIpc) is 1.91. The third kappa shape index (κ3) is 7.70. The molecule has 0 saturated heterocycles. The first-order valence-electron chi connectivity index (χ1n) is 4.45. The maximum Gasteiger partial charge on any atom is 0.419 e. The van der Waals surface area contributed by atoms with Crippen LogP contribution in [0.4, 0.5) is 13.2 Å². The Morgan fingerprint density at radius 1 is 1.19 bits per heavy atom. The van der Waals surface area contributed by atoms with E-state index >= 15 is 0 Å². The van der Waals surface area contributed by atoms with Crippen molar-refractivity contribution in [3.8, 4) is 0 Å². The van der Waals surface area contributed by atoms with Crippen LogP contribution in [0.1, 0.15) is 20.8 Å². The van der Waals surface area contributed by atoms with Gasteiger partial charge in [-0.25, -0.2) is 0 Å². The summed E-state index contributed by atoms with van der Waals surface area (Å²) in [4.78, 5) is 0. The predicted molar refractivity (Wildman–Crippen MR) is 54.4 cm³/mol. The molecule has 0 aromatic rings. The highest BCUT2D eigenvalue weighted by Crippen LogP contribution is 2.27. The van der Waals surface area contributed by atoms with Gasteiger partial charge >= 0.3 is 6.18 Å². The predicted octanol–water partition coefficient (Wildman–Crippen LogP) is 2.50. The van der Waals surface area contributed by atoms with E-state index < -0.39 is 27.8 Å². The van der Waals surface area contributed by atoms with Crippen LogP contribution >= 0.6 is 0 Å². The van der Waals surface area contributed by atoms with Crippen LogP contribution in [0.25, 0.3) is 0 Å². The maximum atomic E-state index is 12.4. The number of alkyl halides is 3. The van der Waals surface area contributed by atoms with Crippen molar-refractivity contribution in [1.82, 2.24) is 0 Å². The van der Waals surface area contributed by atoms with E-state index in [1.54, 1.807) is 20.8 Å². The summed E-state index contributed by atoms with van der Waals surface area (Å²) >= 11 is 0. The number of halogens is 3. The smallest absolute Gasteiger partial charge is 0.253 e. The van der Waals surface area contributed by atoms with Gasteiger partial charge in [0, 0.05) is 0 Å². The van der Waals surface area contributed by atoms with Crippen molar-refractivity contribution in [1.29, 1.82) is 0 Å². The van der Waals surface area contributed by atoms with Gasteiger partial charge in [-0.05, 0) is 11.5 Å². The molecule has 0 N–H and O–H groups in total. The largest absolute Gasteiger partial charge is 0.419 e. The second-order valence-corrected chi connectivity index (χ2v) is 6.09. The van der Waals surface area contributed by atoms with Gasteiger partial charge in [-0.15, -0.1) is 0 Å². The first-order valence-corrected chi connectivity index (χ1v) is 6.27. The van der Waals surface area contributed by atoms with E-state index in [4.69, 9.17) is 0 Å². The molecule has 1 atom stereocenters. The molecule has 0 spiro atoms. The van der Waals surface area contributed by atoms with Gasteiger partial charge in [0.15, 0.2) is 6.10 Å². The lowest BCUT2D eigenvalue weighted by atomic mass is 9.96. The lowest BCUT2D eigenvalue weighted by Crippen LogP contribution is -2.32. The molecule has 1 unspecified atom stereocenters. The zero-order valence-electron chi connectivity index (χ0n) is 9.50. The first kappa shape index (κ1) is 15.4. The Balaban J connectivity index is 4.93. The molecule has 0 saturated carbocycles. The van der Waals surface area contributed by atoms with Crippen molar-refractivity contribution in [3.05, 3.63) is 12.2 Å². The summed E-state index contributed by atoms with van der Waals surface area (Å²) in [6, 6.07) is 0. The van der Waals surface area contributed by atoms with Gasteiger partial charge in [-0.2, -0.15) is 21.6 Å². The molecule has 0 amide bonds. The molecule has 16 heavy (non-hydrogen) atoms. The third-order valence-electron chi connectivity index (χ3n) is 1.37. The Morgan fingerprint density at radius 3 is 1.88 bits per heavy atom. The van der Waals surface area contributed by atoms with Crippen LogP contribution < -0.4 is 0 Å². The molecule has 3 nitrogen and oxygen atoms in total. The van der Waals surface area contributed by atoms with Gasteiger partial charge in [0.1, 0.15) is 0 Å². The summed E-state index contributed by atoms with van der Waals surface area (Å²) in [6.07, 6.45) is -4.62. The molecule has 0 heterocycles. The Morgan fingerprint density at radius 2 is 1.62 bits per heavy atom. The maximum absolute atomic E-state index is 12.4. The minimum absolute atomic E-state index is 0.482. The van der Waals surface area contributed by atoms with Crippen molar-refractivity contribution in [2.75, 3.05) is 6.26 Å². The van der Waals surface area contributed by atoms with E-state index in [1.165, 1.54) is 6.08 Å². The van der Waals surface area contributed by atoms with E-state index in [0.717, 1.165) is 0 Å². The Kier molecular flexibility index (Phi) is 4.58. The topological polar surface area (TPSA) is 43.4 Å². The van der Waals surface area contributed by atoms with Crippen molar-refractivity contribution in [2.45, 2.75) is 33.1 Å². The number of allylic oxidation sites excluding steroid dienone is 1. The second kappa shape index (κ2) is 4.75. The van der Waals surface area contributed by atoms with Crippen molar-refractivity contribution in [3.63, 3.8) is 0 Å². The highest BCUT2D eigenvalue weighted by atomic mass is 32.2. The molecule has 0 rings (SSSR count). The summed E-state index contributed by atoms with van der Waals surface area (Å²) in [6.45, 7) is 5.08. The zero-order chi connectivity index (χ0) is 13.2. The molecular weight excluding hydrogens is 245 g/mol. The average molecular weight is 260 g/mol. The summed E-state index contributed by atoms with van der Waals surface area (Å²) in [7, 11) is -4.15. The second-order valence-electron chi connectivity index (χ2n) is 4.49. The highest BCUT2D eigenvalue weighted by molar-refractivity contribution is 7.86. The lowest BCUT2D eigenvalue weighted by Gasteiger charge is -2.18. The Hall–Kier alpha value is -0.560. The normalized spacial score (nSPS) is 16.7. The minimum atomic E-state index is -4.75. The van der Waals surface area contributed by atoms with Crippen LogP contribution in [0.15, 0.2) is 12.2 Å². The summed E-state index contributed by atoms with van der Waals surface area (Å²) in [5.41, 5.74) is -0.482. The van der Waals surface area contributed by atoms with Crippen LogP contribution in [-0.4, -0.2) is 27.0 Å². The molecule has 0 aliphatic heterocycles. The van der Waals surface area contributed by atoms with Gasteiger partial charge in [0.25, 0.3) is 10.1 Å². The van der Waals surface area contributed by atoms with Crippen molar-refractivity contribution in [2.24, 2.45) is 5.41 Å². The Bertz CT molecular complexity index is 349. The molecule has 0 aromatic carbocycles. The third-order valence-corrected chi connectivity index (χ3v) is 1.93. The molecule has 0 aromatic heterocycles. The van der Waals surface area contributed by atoms with E-state index in [-0.39, 0.29) is 0 Å². The van der Waals surface area contributed by atoms with Crippen molar-refractivity contribution < 1.29 is 25.8 Å². The van der Waals surface area contributed by atoms with Gasteiger partial charge in [-0.1, -0.05) is 26.8 Å². The monoisotopic (exact) mass is 260 g/mol. The van der Waals surface area contributed by atoms with Gasteiger partial charge in [0.2, 0.25) is 0 Å². The molecule has 0 aliphatic carbocycles. The molecule has 7 heteroatoms. The van der Waals surface area contributed by atoms with Gasteiger partial charge in [-0.3, -0.25) is 4.18 Å². The van der Waals surface area contributed by atoms with E-state index in [0.29, 0.717) is 12.3 Å². The van der Waals surface area contributed by atoms with Crippen LogP contribution in [-0.2, 0) is 14.3 Å². The van der Waals surface area contributed by atoms with Crippen LogP contribution in [0.3, 0.4) is 0 Å². The quantitative estimate of drug-likeness (QED) is 0.578. The van der Waals surface area contributed by atoms with E-state index in [1.807, 2.05) is 0 Å². The van der Waals surface area contributed by atoms with E-state index in [9.17, 15) is 21.6 Å². The molecule has 96 valence electrons. The fraction of sp³-hybridized carbons (Fsp3) is 0.778. The fourth-order valence-electron chi connectivity index (χ4n) is 0.760. The first-order chi connectivity index (χ1) is 6.81. The summed E-state index contributed by atoms with van der Waals surface area (Å²) in [5, 5.41) is 0. The standard InChI is InChI=1S/C9H15F3O3S/c1-8(2,3)6-5-7(9(10,11)12)15-16(4,13)14/h5-7H,1-4H3/b6-5+. The number of rotatable bonds is 3. The lowest BCUT2D eigenvalue weighted by molar-refractivity contribution is -0.178. The number of hydrogen-bond acceptors (Lipinski definition) is 3. The molecule has 0 aliphatic rings. The summed E-state index contributed by atoms with van der Waals surface area (Å²) < 4.78 is 62.4. The minimum Gasteiger partial charge on any atom is -0.253 e. The number of hydrogen-bond donors (Lipinski definition) is 0. The highest BCUT2D eigenvalue weighted by Gasteiger charge is 2.41. The molecule has 0 radical (unpaired) electrons. The summed E-state index contributed by atoms with van der Waals surface area (Å²) in [5.74, 6) is 0. The molecule has 0 bridgehead atoms. The molecular formula is C9H15F3O3S. The van der Waals surface area contributed by atoms with Crippen molar-refractivity contribution >= 4 is 10.1 Å². The van der Waals surface area contributed by atoms with Crippen LogP contribution in [0, 0.1) is 5.41 Å². The van der Waals surface area contributed by atoms with Crippen LogP contribution in [0.2, 0.25) is 0 Å². The fourth-order valence-corrected chi connectivity index (χ4v) is 1.31.